The van der Waals surface area contributed by atoms with Crippen LogP contribution in [-0.2, 0) is 16.1 Å². The van der Waals surface area contributed by atoms with E-state index in [1.165, 1.54) is 11.6 Å². The van der Waals surface area contributed by atoms with Gasteiger partial charge in [0.1, 0.15) is 5.82 Å². The van der Waals surface area contributed by atoms with E-state index in [1.807, 2.05) is 12.4 Å². The molecule has 1 aliphatic rings. The van der Waals surface area contributed by atoms with Crippen LogP contribution in [0.4, 0.5) is 5.82 Å². The van der Waals surface area contributed by atoms with Crippen LogP contribution in [0.1, 0.15) is 30.9 Å². The van der Waals surface area contributed by atoms with Crippen LogP contribution in [0.3, 0.4) is 0 Å². The third-order valence-corrected chi connectivity index (χ3v) is 4.93. The number of nitrogens with zero attached hydrogens (tertiary/aromatic N) is 3. The van der Waals surface area contributed by atoms with Gasteiger partial charge in [0.2, 0.25) is 0 Å². The first-order valence-electron chi connectivity index (χ1n) is 9.52. The van der Waals surface area contributed by atoms with Crippen LogP contribution < -0.4 is 5.32 Å². The topological polar surface area (TPSA) is 67.3 Å². The van der Waals surface area contributed by atoms with Crippen LogP contribution in [-0.4, -0.2) is 46.6 Å². The number of rotatable bonds is 7. The molecule has 1 saturated heterocycles. The van der Waals surface area contributed by atoms with Crippen LogP contribution in [0.2, 0.25) is 5.02 Å². The predicted molar refractivity (Wildman–Crippen MR) is 111 cm³/mol. The van der Waals surface area contributed by atoms with Crippen molar-refractivity contribution in [3.8, 4) is 0 Å². The molecule has 0 aromatic carbocycles. The molecule has 0 radical (unpaired) electrons. The number of hydrogen-bond donors (Lipinski definition) is 1. The van der Waals surface area contributed by atoms with E-state index in [0.717, 1.165) is 38.0 Å². The van der Waals surface area contributed by atoms with Crippen LogP contribution in [0.5, 0.6) is 0 Å². The monoisotopic (exact) mass is 400 g/mol. The zero-order valence-corrected chi connectivity index (χ0v) is 16.7. The molecule has 0 bridgehead atoms. The zero-order valence-electron chi connectivity index (χ0n) is 16.0. The van der Waals surface area contributed by atoms with E-state index < -0.39 is 0 Å². The number of piperidine rings is 1. The minimum atomic E-state index is -0.376. The van der Waals surface area contributed by atoms with Gasteiger partial charge < -0.3 is 10.1 Å². The number of halogens is 1. The summed E-state index contributed by atoms with van der Waals surface area (Å²) in [6.45, 7) is 5.13. The first kappa shape index (κ1) is 20.3. The van der Waals surface area contributed by atoms with E-state index in [1.54, 1.807) is 25.3 Å². The number of carbonyl (C=O) groups is 1. The molecule has 3 rings (SSSR count). The van der Waals surface area contributed by atoms with Gasteiger partial charge in [-0.25, -0.2) is 9.78 Å². The molecular formula is C21H25ClN4O2. The van der Waals surface area contributed by atoms with Crippen LogP contribution in [0.15, 0.2) is 42.9 Å². The summed E-state index contributed by atoms with van der Waals surface area (Å²) in [5.41, 5.74) is 2.05. The molecule has 148 valence electrons. The van der Waals surface area contributed by atoms with Gasteiger partial charge in [0.25, 0.3) is 0 Å². The van der Waals surface area contributed by atoms with Gasteiger partial charge in [-0.1, -0.05) is 11.6 Å². The average molecular weight is 401 g/mol. The minimum absolute atomic E-state index is 0.347. The molecule has 7 heteroatoms. The number of esters is 1. The van der Waals surface area contributed by atoms with Crippen LogP contribution in [0, 0.1) is 0 Å². The lowest BCUT2D eigenvalue weighted by Crippen LogP contribution is -2.38. The number of nitrogens with one attached hydrogen (secondary N) is 1. The molecule has 0 atom stereocenters. The molecule has 2 aromatic rings. The first-order chi connectivity index (χ1) is 13.6. The molecule has 0 spiro atoms. The van der Waals surface area contributed by atoms with E-state index in [4.69, 9.17) is 16.3 Å². The van der Waals surface area contributed by atoms with Crippen molar-refractivity contribution in [1.82, 2.24) is 14.9 Å². The lowest BCUT2D eigenvalue weighted by molar-refractivity contribution is -0.137. The lowest BCUT2D eigenvalue weighted by Gasteiger charge is -2.32. The summed E-state index contributed by atoms with van der Waals surface area (Å²) in [4.78, 5) is 22.3. The number of pyridine rings is 2. The van der Waals surface area contributed by atoms with Crippen LogP contribution in [0.25, 0.3) is 6.08 Å². The Morgan fingerprint density at radius 3 is 2.79 bits per heavy atom. The molecule has 2 aromatic heterocycles. The highest BCUT2D eigenvalue weighted by molar-refractivity contribution is 6.33. The second kappa shape index (κ2) is 10.2. The summed E-state index contributed by atoms with van der Waals surface area (Å²) in [5, 5.41) is 4.00. The summed E-state index contributed by atoms with van der Waals surface area (Å²) in [6.07, 6.45) is 10.5. The zero-order chi connectivity index (χ0) is 19.8. The molecule has 1 N–H and O–H groups in total. The first-order valence-corrected chi connectivity index (χ1v) is 9.90. The van der Waals surface area contributed by atoms with Crippen LogP contribution >= 0.6 is 11.6 Å². The Kier molecular flexibility index (Phi) is 7.39. The lowest BCUT2D eigenvalue weighted by atomic mass is 10.0. The Morgan fingerprint density at radius 1 is 1.36 bits per heavy atom. The fourth-order valence-electron chi connectivity index (χ4n) is 3.18. The quantitative estimate of drug-likeness (QED) is 0.563. The number of hydrogen-bond acceptors (Lipinski definition) is 6. The fraction of sp³-hybridized carbons (Fsp3) is 0.381. The Morgan fingerprint density at radius 2 is 2.11 bits per heavy atom. The molecule has 1 aliphatic heterocycles. The van der Waals surface area contributed by atoms with Gasteiger partial charge in [0, 0.05) is 50.3 Å². The van der Waals surface area contributed by atoms with Gasteiger partial charge in [-0.2, -0.15) is 0 Å². The maximum Gasteiger partial charge on any atom is 0.330 e. The van der Waals surface area contributed by atoms with E-state index in [2.05, 4.69) is 32.3 Å². The van der Waals surface area contributed by atoms with Crippen molar-refractivity contribution < 1.29 is 9.53 Å². The molecular weight excluding hydrogens is 376 g/mol. The maximum atomic E-state index is 11.4. The average Bonchev–Trinajstić information content (AvgIpc) is 2.71. The van der Waals surface area contributed by atoms with Gasteiger partial charge >= 0.3 is 5.97 Å². The van der Waals surface area contributed by atoms with Crippen molar-refractivity contribution in [1.29, 1.82) is 0 Å². The fourth-order valence-corrected chi connectivity index (χ4v) is 3.41. The van der Waals surface area contributed by atoms with Crippen molar-refractivity contribution in [2.75, 3.05) is 25.0 Å². The van der Waals surface area contributed by atoms with Crippen molar-refractivity contribution in [3.63, 3.8) is 0 Å². The summed E-state index contributed by atoms with van der Waals surface area (Å²) in [5.74, 6) is 0.307. The molecule has 28 heavy (non-hydrogen) atoms. The molecule has 1 fully saturated rings. The summed E-state index contributed by atoms with van der Waals surface area (Å²) >= 11 is 6.37. The standard InChI is InChI=1S/C21H25ClN4O2/c1-2-28-20(27)4-3-17-13-19(22)21(24-14-17)25-18-7-11-26(12-8-18)15-16-5-9-23-10-6-16/h3-6,9-10,13-14,18H,2,7-8,11-12,15H2,1H3,(H,24,25). The number of carbonyl (C=O) groups excluding carboxylic acids is 1. The summed E-state index contributed by atoms with van der Waals surface area (Å²) in [7, 11) is 0. The Labute approximate surface area is 170 Å². The number of ether oxygens (including phenoxy) is 1. The largest absolute Gasteiger partial charge is 0.463 e. The van der Waals surface area contributed by atoms with Crippen molar-refractivity contribution >= 4 is 29.5 Å². The third-order valence-electron chi connectivity index (χ3n) is 4.64. The van der Waals surface area contributed by atoms with Crippen molar-refractivity contribution in [3.05, 3.63) is 59.0 Å². The Hall–Kier alpha value is -2.44. The Bertz CT molecular complexity index is 805. The molecule has 6 nitrogen and oxygen atoms in total. The van der Waals surface area contributed by atoms with E-state index in [9.17, 15) is 4.79 Å². The SMILES string of the molecule is CCOC(=O)C=Cc1cnc(NC2CCN(Cc3ccncc3)CC2)c(Cl)c1. The number of likely N-dealkylation sites (tertiary alicyclic amines) is 1. The third kappa shape index (κ3) is 6.04. The minimum Gasteiger partial charge on any atom is -0.463 e. The highest BCUT2D eigenvalue weighted by atomic mass is 35.5. The highest BCUT2D eigenvalue weighted by Gasteiger charge is 2.20. The van der Waals surface area contributed by atoms with Gasteiger partial charge in [-0.15, -0.1) is 0 Å². The second-order valence-electron chi connectivity index (χ2n) is 6.73. The van der Waals surface area contributed by atoms with Gasteiger partial charge in [0.15, 0.2) is 0 Å². The van der Waals surface area contributed by atoms with Gasteiger partial charge in [-0.3, -0.25) is 9.88 Å². The van der Waals surface area contributed by atoms with Gasteiger partial charge in [0.05, 0.1) is 11.6 Å². The molecule has 0 aliphatic carbocycles. The predicted octanol–water partition coefficient (Wildman–Crippen LogP) is 3.78. The number of anilines is 1. The van der Waals surface area contributed by atoms with Crippen molar-refractivity contribution in [2.24, 2.45) is 0 Å². The highest BCUT2D eigenvalue weighted by Crippen LogP contribution is 2.24. The molecule has 0 amide bonds. The molecule has 3 heterocycles. The summed E-state index contributed by atoms with van der Waals surface area (Å²) < 4.78 is 4.87. The van der Waals surface area contributed by atoms with E-state index in [-0.39, 0.29) is 5.97 Å². The van der Waals surface area contributed by atoms with Crippen molar-refractivity contribution in [2.45, 2.75) is 32.4 Å². The number of aromatic nitrogens is 2. The normalized spacial score (nSPS) is 15.6. The maximum absolute atomic E-state index is 11.4. The molecule has 0 saturated carbocycles. The van der Waals surface area contributed by atoms with Gasteiger partial charge in [-0.05, 0) is 55.2 Å². The molecule has 0 unspecified atom stereocenters. The second-order valence-corrected chi connectivity index (χ2v) is 7.14. The van der Waals surface area contributed by atoms with E-state index in [0.29, 0.717) is 23.5 Å². The smallest absolute Gasteiger partial charge is 0.330 e. The summed E-state index contributed by atoms with van der Waals surface area (Å²) in [6, 6.07) is 6.27. The Balaban J connectivity index is 1.50. The van der Waals surface area contributed by atoms with E-state index >= 15 is 0 Å².